The molecular formula is C24H30N4O7. The Kier molecular flexibility index (Phi) is 9.59. The molecule has 2 rings (SSSR count). The molecule has 0 aliphatic rings. The molecule has 3 amide bonds. The number of nitrogens with one attached hydrogen (secondary N) is 3. The average Bonchev–Trinajstić information content (AvgIpc) is 2.80. The second kappa shape index (κ2) is 12.4. The van der Waals surface area contributed by atoms with E-state index in [0.717, 1.165) is 0 Å². The SMILES string of the molecule is CC(N)C(=O)NC(Cc1ccc(O)cc1)C(=O)NC(C)C(=O)NC(Cc1ccc(O)cc1)C(=O)O. The van der Waals surface area contributed by atoms with Gasteiger partial charge in [-0.05, 0) is 49.2 Å². The van der Waals surface area contributed by atoms with E-state index in [4.69, 9.17) is 5.73 Å². The lowest BCUT2D eigenvalue weighted by atomic mass is 10.0. The van der Waals surface area contributed by atoms with E-state index in [2.05, 4.69) is 16.0 Å². The van der Waals surface area contributed by atoms with Gasteiger partial charge in [0.1, 0.15) is 29.6 Å². The summed E-state index contributed by atoms with van der Waals surface area (Å²) in [4.78, 5) is 49.3. The van der Waals surface area contributed by atoms with Gasteiger partial charge in [-0.15, -0.1) is 0 Å². The van der Waals surface area contributed by atoms with Crippen LogP contribution >= 0.6 is 0 Å². The number of carbonyl (C=O) groups excluding carboxylic acids is 3. The van der Waals surface area contributed by atoms with Gasteiger partial charge >= 0.3 is 5.97 Å². The average molecular weight is 487 g/mol. The number of aliphatic carboxylic acids is 1. The van der Waals surface area contributed by atoms with E-state index in [9.17, 15) is 34.5 Å². The van der Waals surface area contributed by atoms with Crippen molar-refractivity contribution in [2.75, 3.05) is 0 Å². The van der Waals surface area contributed by atoms with Crippen LogP contribution in [0.25, 0.3) is 0 Å². The third-order valence-electron chi connectivity index (χ3n) is 5.17. The second-order valence-corrected chi connectivity index (χ2v) is 8.22. The van der Waals surface area contributed by atoms with Gasteiger partial charge in [0.25, 0.3) is 0 Å². The molecule has 0 saturated carbocycles. The maximum atomic E-state index is 12.9. The Morgan fingerprint density at radius 2 is 1.14 bits per heavy atom. The van der Waals surface area contributed by atoms with E-state index in [1.807, 2.05) is 0 Å². The Bertz CT molecular complexity index is 1040. The summed E-state index contributed by atoms with van der Waals surface area (Å²) in [5.74, 6) is -3.16. The van der Waals surface area contributed by atoms with Gasteiger partial charge in [-0.3, -0.25) is 14.4 Å². The van der Waals surface area contributed by atoms with Crippen LogP contribution in [0.15, 0.2) is 48.5 Å². The van der Waals surface area contributed by atoms with Gasteiger partial charge in [0.2, 0.25) is 17.7 Å². The quantitative estimate of drug-likeness (QED) is 0.227. The minimum atomic E-state index is -1.27. The molecule has 0 spiro atoms. The van der Waals surface area contributed by atoms with Gasteiger partial charge in [0.05, 0.1) is 6.04 Å². The highest BCUT2D eigenvalue weighted by molar-refractivity contribution is 5.94. The smallest absolute Gasteiger partial charge is 0.326 e. The van der Waals surface area contributed by atoms with Crippen molar-refractivity contribution in [2.24, 2.45) is 5.73 Å². The third-order valence-corrected chi connectivity index (χ3v) is 5.17. The van der Waals surface area contributed by atoms with E-state index in [1.165, 1.54) is 50.2 Å². The number of benzene rings is 2. The van der Waals surface area contributed by atoms with Crippen molar-refractivity contribution >= 4 is 23.7 Å². The van der Waals surface area contributed by atoms with Gasteiger partial charge in [-0.1, -0.05) is 24.3 Å². The van der Waals surface area contributed by atoms with Crippen LogP contribution in [-0.4, -0.2) is 63.2 Å². The lowest BCUT2D eigenvalue weighted by Crippen LogP contribution is -2.56. The largest absolute Gasteiger partial charge is 0.508 e. The topological polar surface area (TPSA) is 191 Å². The summed E-state index contributed by atoms with van der Waals surface area (Å²) >= 11 is 0. The normalized spacial score (nSPS) is 14.1. The zero-order valence-electron chi connectivity index (χ0n) is 19.4. The molecule has 0 aromatic heterocycles. The number of aromatic hydroxyl groups is 2. The van der Waals surface area contributed by atoms with E-state index in [0.29, 0.717) is 11.1 Å². The van der Waals surface area contributed by atoms with Crippen LogP contribution in [0.4, 0.5) is 0 Å². The Morgan fingerprint density at radius 1 is 0.714 bits per heavy atom. The molecule has 188 valence electrons. The molecule has 11 nitrogen and oxygen atoms in total. The van der Waals surface area contributed by atoms with Crippen LogP contribution in [0.3, 0.4) is 0 Å². The molecule has 0 radical (unpaired) electrons. The number of carboxylic acids is 1. The fraction of sp³-hybridized carbons (Fsp3) is 0.333. The molecule has 8 N–H and O–H groups in total. The maximum absolute atomic E-state index is 12.9. The van der Waals surface area contributed by atoms with Crippen LogP contribution in [0.2, 0.25) is 0 Å². The molecule has 0 saturated heterocycles. The van der Waals surface area contributed by atoms with E-state index < -0.39 is 47.9 Å². The lowest BCUT2D eigenvalue weighted by molar-refractivity contribution is -0.142. The minimum absolute atomic E-state index is 0.0268. The van der Waals surface area contributed by atoms with Crippen molar-refractivity contribution in [3.05, 3.63) is 59.7 Å². The number of carboxylic acid groups (broad SMARTS) is 1. The first-order valence-electron chi connectivity index (χ1n) is 10.9. The molecule has 2 aromatic rings. The monoisotopic (exact) mass is 486 g/mol. The predicted molar refractivity (Wildman–Crippen MR) is 126 cm³/mol. The maximum Gasteiger partial charge on any atom is 0.326 e. The molecule has 0 aliphatic heterocycles. The van der Waals surface area contributed by atoms with Crippen molar-refractivity contribution in [3.8, 4) is 11.5 Å². The highest BCUT2D eigenvalue weighted by atomic mass is 16.4. The first-order chi connectivity index (χ1) is 16.5. The molecule has 0 bridgehead atoms. The van der Waals surface area contributed by atoms with Crippen molar-refractivity contribution in [1.82, 2.24) is 16.0 Å². The number of hydrogen-bond acceptors (Lipinski definition) is 7. The summed E-state index contributed by atoms with van der Waals surface area (Å²) in [5.41, 5.74) is 6.82. The highest BCUT2D eigenvalue weighted by Gasteiger charge is 2.28. The van der Waals surface area contributed by atoms with Gasteiger partial charge in [0, 0.05) is 12.8 Å². The zero-order chi connectivity index (χ0) is 26.1. The summed E-state index contributed by atoms with van der Waals surface area (Å²) in [5, 5.41) is 35.7. The van der Waals surface area contributed by atoms with Gasteiger partial charge in [0.15, 0.2) is 0 Å². The molecule has 0 aliphatic carbocycles. The predicted octanol–water partition coefficient (Wildman–Crippen LogP) is -0.211. The van der Waals surface area contributed by atoms with Crippen molar-refractivity contribution in [3.63, 3.8) is 0 Å². The Morgan fingerprint density at radius 3 is 1.57 bits per heavy atom. The van der Waals surface area contributed by atoms with E-state index in [-0.39, 0.29) is 24.3 Å². The Hall–Kier alpha value is -4.12. The molecule has 11 heteroatoms. The van der Waals surface area contributed by atoms with Gasteiger partial charge in [-0.25, -0.2) is 4.79 Å². The summed E-state index contributed by atoms with van der Waals surface area (Å²) in [6, 6.07) is 7.62. The summed E-state index contributed by atoms with van der Waals surface area (Å²) in [6.45, 7) is 2.85. The number of hydrogen-bond donors (Lipinski definition) is 7. The number of rotatable bonds is 11. The number of nitrogens with two attached hydrogens (primary N) is 1. The summed E-state index contributed by atoms with van der Waals surface area (Å²) in [6.07, 6.45) is 0.0352. The molecule has 4 atom stereocenters. The fourth-order valence-corrected chi connectivity index (χ4v) is 3.12. The van der Waals surface area contributed by atoms with Crippen molar-refractivity contribution in [1.29, 1.82) is 0 Å². The molecule has 35 heavy (non-hydrogen) atoms. The molecule has 0 heterocycles. The number of carbonyl (C=O) groups is 4. The van der Waals surface area contributed by atoms with Gasteiger partial charge < -0.3 is 37.0 Å². The van der Waals surface area contributed by atoms with Crippen LogP contribution in [0.5, 0.6) is 11.5 Å². The highest BCUT2D eigenvalue weighted by Crippen LogP contribution is 2.13. The first-order valence-corrected chi connectivity index (χ1v) is 10.9. The van der Waals surface area contributed by atoms with Crippen molar-refractivity contribution in [2.45, 2.75) is 50.9 Å². The first kappa shape index (κ1) is 27.1. The summed E-state index contributed by atoms with van der Waals surface area (Å²) in [7, 11) is 0. The minimum Gasteiger partial charge on any atom is -0.508 e. The van der Waals surface area contributed by atoms with Crippen LogP contribution in [0.1, 0.15) is 25.0 Å². The standard InChI is InChI=1S/C24H30N4O7/c1-13(25)21(31)27-19(11-15-3-7-17(29)8-4-15)23(33)26-14(2)22(32)28-20(24(34)35)12-16-5-9-18(30)10-6-16/h3-10,13-14,19-20,29-30H,11-12,25H2,1-2H3,(H,26,33)(H,27,31)(H,28,32)(H,34,35). The van der Waals surface area contributed by atoms with E-state index in [1.54, 1.807) is 12.1 Å². The Labute approximate surface area is 202 Å². The van der Waals surface area contributed by atoms with Crippen LogP contribution < -0.4 is 21.7 Å². The zero-order valence-corrected chi connectivity index (χ0v) is 19.4. The second-order valence-electron chi connectivity index (χ2n) is 8.22. The Balaban J connectivity index is 2.06. The van der Waals surface area contributed by atoms with Gasteiger partial charge in [-0.2, -0.15) is 0 Å². The van der Waals surface area contributed by atoms with E-state index >= 15 is 0 Å². The number of amides is 3. The number of phenols is 2. The van der Waals surface area contributed by atoms with Crippen molar-refractivity contribution < 1.29 is 34.5 Å². The fourth-order valence-electron chi connectivity index (χ4n) is 3.12. The van der Waals surface area contributed by atoms with Crippen LogP contribution in [-0.2, 0) is 32.0 Å². The number of phenolic OH excluding ortho intramolecular Hbond substituents is 2. The summed E-state index contributed by atoms with van der Waals surface area (Å²) < 4.78 is 0. The molecule has 2 aromatic carbocycles. The molecule has 4 unspecified atom stereocenters. The van der Waals surface area contributed by atoms with Crippen LogP contribution in [0, 0.1) is 0 Å². The molecular weight excluding hydrogens is 456 g/mol. The third kappa shape index (κ3) is 8.63. The molecule has 0 fully saturated rings. The lowest BCUT2D eigenvalue weighted by Gasteiger charge is -2.23.